The molecule has 3 aliphatic rings. The Bertz CT molecular complexity index is 1580. The molecule has 0 spiro atoms. The number of halogens is 2. The van der Waals surface area contributed by atoms with Crippen molar-refractivity contribution >= 4 is 42.2 Å². The van der Waals surface area contributed by atoms with Gasteiger partial charge >= 0.3 is 221 Å². The van der Waals surface area contributed by atoms with E-state index in [2.05, 4.69) is 125 Å². The predicted octanol–water partition coefficient (Wildman–Crippen LogP) is 4.18. The summed E-state index contributed by atoms with van der Waals surface area (Å²) >= 11 is -1.16. The van der Waals surface area contributed by atoms with Crippen molar-refractivity contribution in [2.45, 2.75) is 52.6 Å². The van der Waals surface area contributed by atoms with E-state index in [4.69, 9.17) is 0 Å². The maximum atomic E-state index is 2.52. The molecule has 2 atom stereocenters. The minimum Gasteiger partial charge on any atom is -1.00 e. The molecular formula is C38H40Cl2HfSi. The van der Waals surface area contributed by atoms with Crippen molar-refractivity contribution in [1.29, 1.82) is 0 Å². The number of hydrogen-bond acceptors (Lipinski definition) is 0. The maximum Gasteiger partial charge on any atom is -1.00 e. The van der Waals surface area contributed by atoms with E-state index in [-0.39, 0.29) is 24.8 Å². The summed E-state index contributed by atoms with van der Waals surface area (Å²) in [4.78, 5) is 0. The quantitative estimate of drug-likeness (QED) is 0.274. The topological polar surface area (TPSA) is 0 Å². The molecule has 0 saturated carbocycles. The van der Waals surface area contributed by atoms with Gasteiger partial charge in [0, 0.05) is 9.52 Å². The molecule has 42 heavy (non-hydrogen) atoms. The third-order valence-corrected chi connectivity index (χ3v) is 18.9. The van der Waals surface area contributed by atoms with E-state index in [9.17, 15) is 0 Å². The van der Waals surface area contributed by atoms with Gasteiger partial charge in [-0.2, -0.15) is 0 Å². The Morgan fingerprint density at radius 3 is 1.36 bits per heavy atom. The molecule has 7 rings (SSSR count). The molecule has 2 aliphatic carbocycles. The van der Waals surface area contributed by atoms with E-state index < -0.39 is 22.9 Å². The monoisotopic (exact) mass is 774 g/mol. The SMILES string of the molecule is C1CC[SiH2]C1.CC1=[C]([Hf+2][C]2=C(C)C(c3ccc4ccccc4c3)=CC2C)C(C)C=C1c1ccc2ccccc2c1.[Cl-].[Cl-]. The smallest absolute Gasteiger partial charge is 1.00 e. The van der Waals surface area contributed by atoms with Gasteiger partial charge in [0.05, 0.1) is 0 Å². The predicted molar refractivity (Wildman–Crippen MR) is 175 cm³/mol. The molecule has 1 saturated heterocycles. The summed E-state index contributed by atoms with van der Waals surface area (Å²) in [5.41, 5.74) is 8.74. The maximum absolute atomic E-state index is 2.52. The van der Waals surface area contributed by atoms with Crippen LogP contribution in [0.1, 0.15) is 51.7 Å². The van der Waals surface area contributed by atoms with Crippen molar-refractivity contribution < 1.29 is 47.7 Å². The molecule has 0 amide bonds. The first-order valence-electron chi connectivity index (χ1n) is 15.1. The zero-order valence-electron chi connectivity index (χ0n) is 25.2. The molecule has 1 heterocycles. The van der Waals surface area contributed by atoms with Crippen LogP contribution in [0.2, 0.25) is 12.1 Å². The summed E-state index contributed by atoms with van der Waals surface area (Å²) in [6, 6.07) is 34.6. The van der Waals surface area contributed by atoms with Crippen LogP contribution >= 0.6 is 0 Å². The van der Waals surface area contributed by atoms with Crippen molar-refractivity contribution in [2.75, 3.05) is 0 Å². The minimum atomic E-state index is -1.16. The van der Waals surface area contributed by atoms with Crippen LogP contribution in [0.5, 0.6) is 0 Å². The number of hydrogen-bond donors (Lipinski definition) is 0. The Labute approximate surface area is 278 Å². The number of allylic oxidation sites excluding steroid dienone is 8. The average Bonchev–Trinajstić information content (AvgIpc) is 3.72. The Morgan fingerprint density at radius 1 is 0.571 bits per heavy atom. The van der Waals surface area contributed by atoms with Crippen molar-refractivity contribution in [3.05, 3.63) is 126 Å². The minimum absolute atomic E-state index is 0. The van der Waals surface area contributed by atoms with Crippen molar-refractivity contribution in [1.82, 2.24) is 0 Å². The van der Waals surface area contributed by atoms with E-state index in [1.807, 2.05) is 0 Å². The fourth-order valence-electron chi connectivity index (χ4n) is 6.67. The first kappa shape index (κ1) is 32.9. The van der Waals surface area contributed by atoms with Gasteiger partial charge in [0.1, 0.15) is 0 Å². The van der Waals surface area contributed by atoms with Gasteiger partial charge in [-0.1, -0.05) is 24.9 Å². The first-order chi connectivity index (χ1) is 19.5. The van der Waals surface area contributed by atoms with Gasteiger partial charge < -0.3 is 24.8 Å². The third-order valence-electron chi connectivity index (χ3n) is 9.00. The largest absolute Gasteiger partial charge is 1.00 e. The molecule has 0 aromatic heterocycles. The molecule has 1 aliphatic heterocycles. The van der Waals surface area contributed by atoms with Gasteiger partial charge in [-0.15, -0.1) is 0 Å². The van der Waals surface area contributed by atoms with Crippen LogP contribution in [0.15, 0.2) is 115 Å². The van der Waals surface area contributed by atoms with Crippen LogP contribution in [0.3, 0.4) is 0 Å². The van der Waals surface area contributed by atoms with Gasteiger partial charge in [-0.3, -0.25) is 0 Å². The zero-order chi connectivity index (χ0) is 27.6. The van der Waals surface area contributed by atoms with Crippen LogP contribution < -0.4 is 24.8 Å². The summed E-state index contributed by atoms with van der Waals surface area (Å²) in [6.45, 7) is 9.57. The number of rotatable bonds is 4. The fraction of sp³-hybridized carbons (Fsp3) is 0.263. The van der Waals surface area contributed by atoms with Gasteiger partial charge in [-0.05, 0) is 0 Å². The molecule has 0 N–H and O–H groups in total. The van der Waals surface area contributed by atoms with Gasteiger partial charge in [0.15, 0.2) is 0 Å². The molecule has 4 aromatic carbocycles. The van der Waals surface area contributed by atoms with Crippen molar-refractivity contribution in [3.8, 4) is 0 Å². The zero-order valence-corrected chi connectivity index (χ0v) is 31.7. The summed E-state index contributed by atoms with van der Waals surface area (Å²) in [6.07, 6.45) is 8.17. The Morgan fingerprint density at radius 2 is 0.976 bits per heavy atom. The van der Waals surface area contributed by atoms with Crippen LogP contribution in [-0.2, 0) is 22.9 Å². The van der Waals surface area contributed by atoms with Crippen LogP contribution in [-0.4, -0.2) is 9.52 Å². The molecule has 214 valence electrons. The number of benzene rings is 4. The molecule has 1 fully saturated rings. The second kappa shape index (κ2) is 14.7. The van der Waals surface area contributed by atoms with Crippen LogP contribution in [0.25, 0.3) is 32.7 Å². The summed E-state index contributed by atoms with van der Waals surface area (Å²) in [5.74, 6) is 1.11. The van der Waals surface area contributed by atoms with E-state index in [1.54, 1.807) is 42.7 Å². The van der Waals surface area contributed by atoms with Crippen LogP contribution in [0.4, 0.5) is 0 Å². The Kier molecular flexibility index (Phi) is 11.5. The van der Waals surface area contributed by atoms with Gasteiger partial charge in [-0.25, -0.2) is 0 Å². The van der Waals surface area contributed by atoms with E-state index >= 15 is 0 Å². The fourth-order valence-corrected chi connectivity index (χ4v) is 14.0. The summed E-state index contributed by atoms with van der Waals surface area (Å²) in [5, 5.41) is 5.29. The standard InChI is InChI=1S/2C17H15.C4H10Si.2ClH.Hf/c2*1-12-9-13(2)17(10-12)16-8-7-14-5-3-4-6-15(14)11-16;1-2-4-5-3-1;;;/h2*3-8,10-12H,1-2H3;1-5H2;2*1H;/q;;;;;+2/p-2. The van der Waals surface area contributed by atoms with E-state index in [1.165, 1.54) is 43.8 Å². The molecule has 2 unspecified atom stereocenters. The van der Waals surface area contributed by atoms with E-state index in [0.717, 1.165) is 0 Å². The second-order valence-corrected chi connectivity index (χ2v) is 18.7. The molecule has 0 bridgehead atoms. The molecule has 4 heteroatoms. The van der Waals surface area contributed by atoms with Crippen LogP contribution in [0, 0.1) is 11.8 Å². The van der Waals surface area contributed by atoms with E-state index in [0.29, 0.717) is 21.4 Å². The third kappa shape index (κ3) is 6.88. The number of fused-ring (bicyclic) bond motifs is 2. The van der Waals surface area contributed by atoms with Crippen molar-refractivity contribution in [3.63, 3.8) is 0 Å². The molecular weight excluding hydrogens is 734 g/mol. The first-order valence-corrected chi connectivity index (χ1v) is 20.7. The van der Waals surface area contributed by atoms with Crippen molar-refractivity contribution in [2.24, 2.45) is 11.8 Å². The molecule has 0 nitrogen and oxygen atoms in total. The summed E-state index contributed by atoms with van der Waals surface area (Å²) in [7, 11) is 0.543. The normalized spacial score (nSPS) is 19.5. The Hall–Kier alpha value is -1.97. The Balaban J connectivity index is 0.000000526. The van der Waals surface area contributed by atoms with Gasteiger partial charge in [0.2, 0.25) is 0 Å². The average molecular weight is 774 g/mol. The molecule has 0 radical (unpaired) electrons. The molecule has 4 aromatic rings. The second-order valence-electron chi connectivity index (χ2n) is 11.8. The summed E-state index contributed by atoms with van der Waals surface area (Å²) < 4.78 is 3.53. The van der Waals surface area contributed by atoms with Gasteiger partial charge in [0.25, 0.3) is 0 Å².